The number of hydrogen-bond acceptors (Lipinski definition) is 2. The third kappa shape index (κ3) is 2.31. The van der Waals surface area contributed by atoms with Crippen molar-refractivity contribution in [2.45, 2.75) is 19.8 Å². The van der Waals surface area contributed by atoms with E-state index in [-0.39, 0.29) is 11.5 Å². The van der Waals surface area contributed by atoms with Gasteiger partial charge < -0.3 is 4.74 Å². The second kappa shape index (κ2) is 4.74. The standard InChI is InChI=1S/C11H13FO2/c1-3-4-10(13)8-5-6-11(14-2)9(12)7-8/h5-7H,3-4H2,1-2H3. The van der Waals surface area contributed by atoms with Gasteiger partial charge in [0, 0.05) is 12.0 Å². The van der Waals surface area contributed by atoms with Crippen molar-refractivity contribution >= 4 is 5.78 Å². The predicted octanol–water partition coefficient (Wildman–Crippen LogP) is 2.82. The fourth-order valence-electron chi connectivity index (χ4n) is 1.21. The summed E-state index contributed by atoms with van der Waals surface area (Å²) in [5.41, 5.74) is 0.408. The molecule has 0 amide bonds. The van der Waals surface area contributed by atoms with Crippen molar-refractivity contribution in [1.82, 2.24) is 0 Å². The monoisotopic (exact) mass is 196 g/mol. The number of carbonyl (C=O) groups is 1. The first-order valence-electron chi connectivity index (χ1n) is 4.55. The zero-order valence-corrected chi connectivity index (χ0v) is 8.34. The van der Waals surface area contributed by atoms with Crippen LogP contribution in [-0.4, -0.2) is 12.9 Å². The number of carbonyl (C=O) groups excluding carboxylic acids is 1. The third-order valence-corrected chi connectivity index (χ3v) is 1.95. The van der Waals surface area contributed by atoms with Crippen molar-refractivity contribution < 1.29 is 13.9 Å². The van der Waals surface area contributed by atoms with E-state index in [1.807, 2.05) is 6.92 Å². The number of halogens is 1. The van der Waals surface area contributed by atoms with Crippen LogP contribution in [0.15, 0.2) is 18.2 Å². The van der Waals surface area contributed by atoms with Crippen LogP contribution in [0.1, 0.15) is 30.1 Å². The lowest BCUT2D eigenvalue weighted by Crippen LogP contribution is -1.99. The molecule has 0 atom stereocenters. The number of ether oxygens (including phenoxy) is 1. The highest BCUT2D eigenvalue weighted by atomic mass is 19.1. The summed E-state index contributed by atoms with van der Waals surface area (Å²) in [7, 11) is 1.39. The van der Waals surface area contributed by atoms with E-state index in [9.17, 15) is 9.18 Å². The van der Waals surface area contributed by atoms with E-state index in [1.54, 1.807) is 6.07 Å². The van der Waals surface area contributed by atoms with Crippen molar-refractivity contribution in [2.24, 2.45) is 0 Å². The Labute approximate surface area is 82.7 Å². The van der Waals surface area contributed by atoms with Gasteiger partial charge in [-0.15, -0.1) is 0 Å². The Morgan fingerprint density at radius 2 is 2.21 bits per heavy atom. The molecule has 1 rings (SSSR count). The molecule has 0 heterocycles. The first-order chi connectivity index (χ1) is 6.69. The van der Waals surface area contributed by atoms with Gasteiger partial charge in [0.15, 0.2) is 17.3 Å². The van der Waals surface area contributed by atoms with Crippen molar-refractivity contribution in [1.29, 1.82) is 0 Å². The molecule has 76 valence electrons. The van der Waals surface area contributed by atoms with Crippen LogP contribution in [0.4, 0.5) is 4.39 Å². The summed E-state index contributed by atoms with van der Waals surface area (Å²) < 4.78 is 17.9. The molecule has 0 unspecified atom stereocenters. The zero-order chi connectivity index (χ0) is 10.6. The maximum atomic E-state index is 13.2. The molecule has 0 saturated heterocycles. The van der Waals surface area contributed by atoms with Gasteiger partial charge >= 0.3 is 0 Å². The maximum Gasteiger partial charge on any atom is 0.165 e. The second-order valence-electron chi connectivity index (χ2n) is 3.02. The van der Waals surface area contributed by atoms with Gasteiger partial charge in [0.05, 0.1) is 7.11 Å². The summed E-state index contributed by atoms with van der Waals surface area (Å²) in [5, 5.41) is 0. The average molecular weight is 196 g/mol. The van der Waals surface area contributed by atoms with E-state index in [0.29, 0.717) is 12.0 Å². The van der Waals surface area contributed by atoms with Gasteiger partial charge in [0.2, 0.25) is 0 Å². The van der Waals surface area contributed by atoms with Crippen LogP contribution < -0.4 is 4.74 Å². The SMILES string of the molecule is CCCC(=O)c1ccc(OC)c(F)c1. The van der Waals surface area contributed by atoms with Crippen molar-refractivity contribution in [3.05, 3.63) is 29.6 Å². The molecule has 0 bridgehead atoms. The van der Waals surface area contributed by atoms with E-state index in [1.165, 1.54) is 19.2 Å². The lowest BCUT2D eigenvalue weighted by molar-refractivity contribution is 0.0981. The molecule has 0 aliphatic heterocycles. The minimum Gasteiger partial charge on any atom is -0.494 e. The minimum atomic E-state index is -0.491. The van der Waals surface area contributed by atoms with Crippen LogP contribution in [-0.2, 0) is 0 Å². The first-order valence-corrected chi connectivity index (χ1v) is 4.55. The summed E-state index contributed by atoms with van der Waals surface area (Å²) in [6, 6.07) is 4.27. The van der Waals surface area contributed by atoms with Gasteiger partial charge in [-0.3, -0.25) is 4.79 Å². The number of hydrogen-bond donors (Lipinski definition) is 0. The molecule has 14 heavy (non-hydrogen) atoms. The van der Waals surface area contributed by atoms with Crippen molar-refractivity contribution in [2.75, 3.05) is 7.11 Å². The van der Waals surface area contributed by atoms with E-state index in [0.717, 1.165) is 6.42 Å². The number of Topliss-reactive ketones (excluding diaryl/α,β-unsaturated/α-hetero) is 1. The Morgan fingerprint density at radius 3 is 2.71 bits per heavy atom. The molecule has 0 aliphatic carbocycles. The highest BCUT2D eigenvalue weighted by molar-refractivity contribution is 5.96. The van der Waals surface area contributed by atoms with Crippen molar-refractivity contribution in [3.8, 4) is 5.75 Å². The lowest BCUT2D eigenvalue weighted by Gasteiger charge is -2.03. The highest BCUT2D eigenvalue weighted by Crippen LogP contribution is 2.18. The molecule has 1 aromatic carbocycles. The topological polar surface area (TPSA) is 26.3 Å². The molecule has 0 N–H and O–H groups in total. The number of methoxy groups -OCH3 is 1. The number of ketones is 1. The number of rotatable bonds is 4. The van der Waals surface area contributed by atoms with Crippen LogP contribution >= 0.6 is 0 Å². The summed E-state index contributed by atoms with van der Waals surface area (Å²) in [6.45, 7) is 1.91. The Kier molecular flexibility index (Phi) is 3.63. The number of benzene rings is 1. The smallest absolute Gasteiger partial charge is 0.165 e. The quantitative estimate of drug-likeness (QED) is 0.692. The highest BCUT2D eigenvalue weighted by Gasteiger charge is 2.08. The van der Waals surface area contributed by atoms with E-state index in [4.69, 9.17) is 4.74 Å². The fourth-order valence-corrected chi connectivity index (χ4v) is 1.21. The molecule has 1 aromatic rings. The second-order valence-corrected chi connectivity index (χ2v) is 3.02. The first kappa shape index (κ1) is 10.7. The van der Waals surface area contributed by atoms with Crippen LogP contribution in [0.3, 0.4) is 0 Å². The predicted molar refractivity (Wildman–Crippen MR) is 52.2 cm³/mol. The van der Waals surface area contributed by atoms with Gasteiger partial charge in [0.25, 0.3) is 0 Å². The molecular formula is C11H13FO2. The molecule has 0 spiro atoms. The summed E-state index contributed by atoms with van der Waals surface area (Å²) >= 11 is 0. The zero-order valence-electron chi connectivity index (χ0n) is 8.34. The summed E-state index contributed by atoms with van der Waals surface area (Å²) in [5.74, 6) is -0.360. The van der Waals surface area contributed by atoms with Gasteiger partial charge in [-0.05, 0) is 24.6 Å². The average Bonchev–Trinajstić information content (AvgIpc) is 2.18. The van der Waals surface area contributed by atoms with Crippen LogP contribution in [0.5, 0.6) is 5.75 Å². The Bertz CT molecular complexity index is 334. The normalized spacial score (nSPS) is 9.93. The molecule has 0 aliphatic rings. The van der Waals surface area contributed by atoms with Gasteiger partial charge in [-0.25, -0.2) is 4.39 Å². The largest absolute Gasteiger partial charge is 0.494 e. The molecule has 0 saturated carbocycles. The third-order valence-electron chi connectivity index (χ3n) is 1.95. The molecule has 2 nitrogen and oxygen atoms in total. The molecule has 0 aromatic heterocycles. The molecule has 0 fully saturated rings. The van der Waals surface area contributed by atoms with E-state index >= 15 is 0 Å². The Hall–Kier alpha value is -1.38. The van der Waals surface area contributed by atoms with Gasteiger partial charge in [-0.2, -0.15) is 0 Å². The van der Waals surface area contributed by atoms with Crippen LogP contribution in [0, 0.1) is 5.82 Å². The molecule has 0 radical (unpaired) electrons. The Balaban J connectivity index is 2.91. The minimum absolute atomic E-state index is 0.0333. The summed E-state index contributed by atoms with van der Waals surface area (Å²) in [4.78, 5) is 11.4. The Morgan fingerprint density at radius 1 is 1.50 bits per heavy atom. The summed E-state index contributed by atoms with van der Waals surface area (Å²) in [6.07, 6.45) is 1.22. The maximum absolute atomic E-state index is 13.2. The van der Waals surface area contributed by atoms with Gasteiger partial charge in [0.1, 0.15) is 0 Å². The lowest BCUT2D eigenvalue weighted by atomic mass is 10.1. The van der Waals surface area contributed by atoms with Crippen LogP contribution in [0.2, 0.25) is 0 Å². The molecular weight excluding hydrogens is 183 g/mol. The van der Waals surface area contributed by atoms with Crippen LogP contribution in [0.25, 0.3) is 0 Å². The van der Waals surface area contributed by atoms with Crippen molar-refractivity contribution in [3.63, 3.8) is 0 Å². The fraction of sp³-hybridized carbons (Fsp3) is 0.364. The van der Waals surface area contributed by atoms with E-state index < -0.39 is 5.82 Å². The van der Waals surface area contributed by atoms with Gasteiger partial charge in [-0.1, -0.05) is 6.92 Å². The molecule has 3 heteroatoms. The van der Waals surface area contributed by atoms with E-state index in [2.05, 4.69) is 0 Å².